The highest BCUT2D eigenvalue weighted by atomic mass is 35.6. The van der Waals surface area contributed by atoms with Crippen molar-refractivity contribution >= 4 is 80.4 Å². The van der Waals surface area contributed by atoms with Crippen LogP contribution in [0.25, 0.3) is 22.0 Å². The lowest BCUT2D eigenvalue weighted by molar-refractivity contribution is 0.420. The van der Waals surface area contributed by atoms with Gasteiger partial charge in [0.05, 0.1) is 12.7 Å². The first-order chi connectivity index (χ1) is 12.1. The van der Waals surface area contributed by atoms with Gasteiger partial charge in [0.25, 0.3) is 0 Å². The van der Waals surface area contributed by atoms with Gasteiger partial charge in [-0.15, -0.1) is 10.2 Å². The Morgan fingerprint density at radius 1 is 0.808 bits per heavy atom. The Hall–Kier alpha value is -0.750. The number of ether oxygens (including phenoxy) is 1. The monoisotopic (exact) mass is 469 g/mol. The highest BCUT2D eigenvalue weighted by Gasteiger charge is 2.40. The molecule has 0 N–H and O–H groups in total. The van der Waals surface area contributed by atoms with E-state index in [1.165, 1.54) is 0 Å². The molecule has 0 unspecified atom stereocenters. The Kier molecular flexibility index (Phi) is 5.65. The molecular weight excluding hydrogens is 463 g/mol. The first kappa shape index (κ1) is 20.0. The number of benzene rings is 2. The summed E-state index contributed by atoms with van der Waals surface area (Å²) in [6.45, 7) is 0. The van der Waals surface area contributed by atoms with E-state index in [4.69, 9.17) is 74.3 Å². The summed E-state index contributed by atoms with van der Waals surface area (Å²) in [6, 6.07) is 11.1. The molecule has 0 saturated heterocycles. The van der Waals surface area contributed by atoms with E-state index >= 15 is 0 Å². The lowest BCUT2D eigenvalue weighted by Crippen LogP contribution is -2.18. The normalized spacial score (nSPS) is 12.4. The van der Waals surface area contributed by atoms with Crippen LogP contribution < -0.4 is 4.74 Å². The van der Waals surface area contributed by atoms with Gasteiger partial charge in [-0.1, -0.05) is 99.9 Å². The maximum absolute atomic E-state index is 6.16. The Bertz CT molecular complexity index is 968. The zero-order valence-corrected chi connectivity index (χ0v) is 17.5. The van der Waals surface area contributed by atoms with E-state index in [1.54, 1.807) is 13.2 Å². The van der Waals surface area contributed by atoms with E-state index in [0.717, 1.165) is 10.8 Å². The molecule has 1 aromatic heterocycles. The van der Waals surface area contributed by atoms with Crippen LogP contribution in [-0.2, 0) is 7.59 Å². The van der Waals surface area contributed by atoms with E-state index in [9.17, 15) is 0 Å². The number of hydrogen-bond acceptors (Lipinski definition) is 4. The second-order valence-corrected chi connectivity index (χ2v) is 9.78. The van der Waals surface area contributed by atoms with E-state index in [1.807, 2.05) is 30.3 Å². The molecule has 0 aliphatic heterocycles. The zero-order valence-electron chi connectivity index (χ0n) is 13.0. The number of hydrogen-bond donors (Lipinski definition) is 0. The first-order valence-corrected chi connectivity index (χ1v) is 9.35. The minimum absolute atomic E-state index is 0.0489. The highest BCUT2D eigenvalue weighted by Crippen LogP contribution is 2.50. The highest BCUT2D eigenvalue weighted by molar-refractivity contribution is 6.69. The van der Waals surface area contributed by atoms with Crippen LogP contribution in [0.1, 0.15) is 11.3 Å². The number of nitrogens with zero attached hydrogens (tertiary/aromatic N) is 3. The van der Waals surface area contributed by atoms with Crippen molar-refractivity contribution < 1.29 is 4.74 Å². The maximum atomic E-state index is 6.16. The average Bonchev–Trinajstić information content (AvgIpc) is 2.58. The summed E-state index contributed by atoms with van der Waals surface area (Å²) in [5.41, 5.74) is 0.827. The second kappa shape index (κ2) is 7.34. The van der Waals surface area contributed by atoms with Gasteiger partial charge in [-0.25, -0.2) is 0 Å². The summed E-state index contributed by atoms with van der Waals surface area (Å²) in [7, 11) is 1.58. The number of methoxy groups -OCH3 is 1. The summed E-state index contributed by atoms with van der Waals surface area (Å²) in [5, 5.41) is 13.2. The fourth-order valence-electron chi connectivity index (χ4n) is 2.65. The fraction of sp³-hybridized carbons (Fsp3) is 0.188. The van der Waals surface area contributed by atoms with Crippen molar-refractivity contribution in [3.05, 3.63) is 47.7 Å². The van der Waals surface area contributed by atoms with E-state index in [0.29, 0.717) is 11.3 Å². The van der Waals surface area contributed by atoms with Gasteiger partial charge in [-0.3, -0.25) is 0 Å². The first-order valence-electron chi connectivity index (χ1n) is 7.08. The Labute approximate surface area is 179 Å². The van der Waals surface area contributed by atoms with Crippen LogP contribution in [0.3, 0.4) is 0 Å². The zero-order chi connectivity index (χ0) is 19.1. The van der Waals surface area contributed by atoms with E-state index in [-0.39, 0.29) is 17.0 Å². The summed E-state index contributed by atoms with van der Waals surface area (Å²) < 4.78 is 1.51. The van der Waals surface area contributed by atoms with Crippen molar-refractivity contribution in [1.29, 1.82) is 0 Å². The molecule has 0 aliphatic carbocycles. The Balaban J connectivity index is 2.41. The minimum atomic E-state index is -1.95. The van der Waals surface area contributed by atoms with Gasteiger partial charge in [-0.05, 0) is 16.7 Å². The van der Waals surface area contributed by atoms with Gasteiger partial charge in [-0.2, -0.15) is 0 Å². The molecule has 3 rings (SSSR count). The van der Waals surface area contributed by atoms with Crippen LogP contribution in [0.4, 0.5) is 0 Å². The predicted octanol–water partition coefficient (Wildman–Crippen LogP) is 6.35. The molecular formula is C16H9Cl6N3O. The van der Waals surface area contributed by atoms with Gasteiger partial charge in [0.15, 0.2) is 0 Å². The largest absolute Gasteiger partial charge is 0.496 e. The SMILES string of the molecule is COc1cccc2c(-c3nnnc(C(Cl)(Cl)Cl)c3C(Cl)(Cl)Cl)cccc12. The molecule has 3 aromatic rings. The summed E-state index contributed by atoms with van der Waals surface area (Å²) in [5.74, 6) is 0.684. The molecule has 0 atom stereocenters. The van der Waals surface area contributed by atoms with Crippen molar-refractivity contribution in [2.24, 2.45) is 0 Å². The Morgan fingerprint density at radius 3 is 2.08 bits per heavy atom. The van der Waals surface area contributed by atoms with Gasteiger partial charge in [0.2, 0.25) is 7.59 Å². The van der Waals surface area contributed by atoms with Gasteiger partial charge >= 0.3 is 0 Å². The number of fused-ring (bicyclic) bond motifs is 1. The lowest BCUT2D eigenvalue weighted by Gasteiger charge is -2.22. The molecule has 0 radical (unpaired) electrons. The van der Waals surface area contributed by atoms with Crippen LogP contribution in [0, 0.1) is 0 Å². The molecule has 26 heavy (non-hydrogen) atoms. The number of alkyl halides is 6. The van der Waals surface area contributed by atoms with E-state index in [2.05, 4.69) is 15.4 Å². The molecule has 0 bridgehead atoms. The standard InChI is InChI=1S/C16H9Cl6N3O/c1-26-11-7-3-4-8-9(11)5-2-6-10(8)13-12(15(17,18)19)14(16(20,21)22)24-25-23-13/h2-7H,1H3. The van der Waals surface area contributed by atoms with Gasteiger partial charge in [0.1, 0.15) is 17.1 Å². The molecule has 2 aromatic carbocycles. The van der Waals surface area contributed by atoms with Crippen LogP contribution in [0.5, 0.6) is 5.75 Å². The third kappa shape index (κ3) is 3.77. The van der Waals surface area contributed by atoms with E-state index < -0.39 is 7.59 Å². The molecule has 4 nitrogen and oxygen atoms in total. The molecule has 0 saturated carbocycles. The fourth-order valence-corrected chi connectivity index (χ4v) is 3.58. The summed E-state index contributed by atoms with van der Waals surface area (Å²) >= 11 is 36.5. The van der Waals surface area contributed by atoms with Crippen LogP contribution in [0.15, 0.2) is 36.4 Å². The molecule has 0 aliphatic rings. The van der Waals surface area contributed by atoms with Crippen LogP contribution in [-0.4, -0.2) is 22.5 Å². The van der Waals surface area contributed by atoms with Crippen LogP contribution >= 0.6 is 69.6 Å². The molecule has 0 fully saturated rings. The lowest BCUT2D eigenvalue weighted by atomic mass is 9.98. The van der Waals surface area contributed by atoms with Crippen LogP contribution in [0.2, 0.25) is 0 Å². The van der Waals surface area contributed by atoms with Crippen molar-refractivity contribution in [1.82, 2.24) is 15.4 Å². The summed E-state index contributed by atoms with van der Waals surface area (Å²) in [6.07, 6.45) is 0. The summed E-state index contributed by atoms with van der Waals surface area (Å²) in [4.78, 5) is 0. The molecule has 0 spiro atoms. The predicted molar refractivity (Wildman–Crippen MR) is 108 cm³/mol. The maximum Gasteiger partial charge on any atom is 0.234 e. The van der Waals surface area contributed by atoms with Crippen molar-refractivity contribution in [3.8, 4) is 17.0 Å². The molecule has 1 heterocycles. The number of rotatable bonds is 2. The molecule has 0 amide bonds. The second-order valence-electron chi connectivity index (χ2n) is 5.22. The van der Waals surface area contributed by atoms with Crippen molar-refractivity contribution in [2.75, 3.05) is 7.11 Å². The third-order valence-corrected chi connectivity index (χ3v) is 4.78. The Morgan fingerprint density at radius 2 is 1.46 bits per heavy atom. The minimum Gasteiger partial charge on any atom is -0.496 e. The van der Waals surface area contributed by atoms with Crippen molar-refractivity contribution in [3.63, 3.8) is 0 Å². The topological polar surface area (TPSA) is 47.9 Å². The molecule has 10 heteroatoms. The number of aromatic nitrogens is 3. The number of halogens is 6. The smallest absolute Gasteiger partial charge is 0.234 e. The van der Waals surface area contributed by atoms with Crippen molar-refractivity contribution in [2.45, 2.75) is 7.59 Å². The molecule has 136 valence electrons. The quantitative estimate of drug-likeness (QED) is 0.408. The average molecular weight is 472 g/mol. The van der Waals surface area contributed by atoms with Gasteiger partial charge in [0, 0.05) is 10.9 Å². The third-order valence-electron chi connectivity index (χ3n) is 3.67. The van der Waals surface area contributed by atoms with Gasteiger partial charge < -0.3 is 4.74 Å².